The summed E-state index contributed by atoms with van der Waals surface area (Å²) >= 11 is 0. The number of aromatic nitrogens is 1. The van der Waals surface area contributed by atoms with Gasteiger partial charge in [-0.15, -0.1) is 0 Å². The van der Waals surface area contributed by atoms with E-state index >= 15 is 0 Å². The van der Waals surface area contributed by atoms with E-state index in [1.165, 1.54) is 5.69 Å². The summed E-state index contributed by atoms with van der Waals surface area (Å²) in [6.07, 6.45) is 4.93. The van der Waals surface area contributed by atoms with E-state index in [1.807, 2.05) is 18.3 Å². The Labute approximate surface area is 157 Å². The van der Waals surface area contributed by atoms with Gasteiger partial charge in [-0.05, 0) is 44.0 Å². The second-order valence-electron chi connectivity index (χ2n) is 6.22. The lowest BCUT2D eigenvalue weighted by atomic mass is 10.2. The average Bonchev–Trinajstić information content (AvgIpc) is 2.69. The molecule has 2 aromatic rings. The number of nitrogens with zero attached hydrogens (tertiary/aromatic N) is 3. The fourth-order valence-electron chi connectivity index (χ4n) is 2.66. The van der Waals surface area contributed by atoms with Crippen LogP contribution in [0.1, 0.15) is 25.5 Å². The molecule has 0 saturated carbocycles. The molecular formula is C21H31N5. The second-order valence-corrected chi connectivity index (χ2v) is 6.22. The third-order valence-corrected chi connectivity index (χ3v) is 4.11. The molecule has 0 saturated heterocycles. The number of guanidine groups is 1. The van der Waals surface area contributed by atoms with Gasteiger partial charge in [-0.3, -0.25) is 9.98 Å². The van der Waals surface area contributed by atoms with Crippen LogP contribution < -0.4 is 15.5 Å². The highest BCUT2D eigenvalue weighted by atomic mass is 15.2. The van der Waals surface area contributed by atoms with Gasteiger partial charge in [-0.2, -0.15) is 0 Å². The van der Waals surface area contributed by atoms with Crippen molar-refractivity contribution in [3.63, 3.8) is 0 Å². The van der Waals surface area contributed by atoms with Crippen molar-refractivity contribution in [2.24, 2.45) is 4.99 Å². The number of rotatable bonds is 10. The first-order chi connectivity index (χ1) is 12.8. The Bertz CT molecular complexity index is 627. The maximum Gasteiger partial charge on any atom is 0.191 e. The van der Waals surface area contributed by atoms with E-state index in [-0.39, 0.29) is 0 Å². The smallest absolute Gasteiger partial charge is 0.191 e. The van der Waals surface area contributed by atoms with Crippen LogP contribution in [-0.4, -0.2) is 44.2 Å². The molecule has 0 unspecified atom stereocenters. The highest BCUT2D eigenvalue weighted by Crippen LogP contribution is 2.11. The molecule has 0 aliphatic carbocycles. The van der Waals surface area contributed by atoms with Gasteiger partial charge in [0, 0.05) is 57.2 Å². The molecule has 2 rings (SSSR count). The van der Waals surface area contributed by atoms with Crippen molar-refractivity contribution in [2.75, 3.05) is 38.1 Å². The van der Waals surface area contributed by atoms with Gasteiger partial charge in [0.25, 0.3) is 0 Å². The molecule has 0 spiro atoms. The molecule has 5 nitrogen and oxygen atoms in total. The Morgan fingerprint density at radius 3 is 2.58 bits per heavy atom. The van der Waals surface area contributed by atoms with Crippen LogP contribution in [0.5, 0.6) is 0 Å². The van der Waals surface area contributed by atoms with Crippen LogP contribution in [0.3, 0.4) is 0 Å². The van der Waals surface area contributed by atoms with Gasteiger partial charge in [0.15, 0.2) is 5.96 Å². The van der Waals surface area contributed by atoms with Gasteiger partial charge < -0.3 is 15.5 Å². The van der Waals surface area contributed by atoms with Crippen molar-refractivity contribution < 1.29 is 0 Å². The summed E-state index contributed by atoms with van der Waals surface area (Å²) in [5.41, 5.74) is 2.36. The van der Waals surface area contributed by atoms with E-state index in [0.717, 1.165) is 57.1 Å². The summed E-state index contributed by atoms with van der Waals surface area (Å²) in [4.78, 5) is 11.3. The minimum atomic E-state index is 0.833. The third kappa shape index (κ3) is 7.55. The van der Waals surface area contributed by atoms with Crippen molar-refractivity contribution in [1.82, 2.24) is 15.6 Å². The highest BCUT2D eigenvalue weighted by molar-refractivity contribution is 5.79. The average molecular weight is 354 g/mol. The number of unbranched alkanes of at least 4 members (excludes halogenated alkanes) is 1. The molecule has 0 fully saturated rings. The Morgan fingerprint density at radius 1 is 1.04 bits per heavy atom. The van der Waals surface area contributed by atoms with Gasteiger partial charge in [0.2, 0.25) is 0 Å². The van der Waals surface area contributed by atoms with E-state index in [9.17, 15) is 0 Å². The first kappa shape index (κ1) is 19.8. The molecule has 0 atom stereocenters. The van der Waals surface area contributed by atoms with E-state index in [4.69, 9.17) is 0 Å². The van der Waals surface area contributed by atoms with Gasteiger partial charge in [0.05, 0.1) is 0 Å². The molecule has 1 heterocycles. The topological polar surface area (TPSA) is 52.6 Å². The molecule has 0 aliphatic heterocycles. The van der Waals surface area contributed by atoms with Crippen molar-refractivity contribution in [2.45, 2.75) is 26.2 Å². The number of nitrogens with one attached hydrogen (secondary N) is 2. The SMILES string of the molecule is CCNC(=NCCCCN(C)c1ccccc1)NCCc1ccccn1. The predicted molar refractivity (Wildman–Crippen MR) is 111 cm³/mol. The zero-order chi connectivity index (χ0) is 18.5. The summed E-state index contributed by atoms with van der Waals surface area (Å²) in [5.74, 6) is 0.889. The molecule has 1 aromatic heterocycles. The number of aliphatic imine (C=N–C) groups is 1. The molecule has 5 heteroatoms. The summed E-state index contributed by atoms with van der Waals surface area (Å²) in [7, 11) is 2.14. The van der Waals surface area contributed by atoms with Gasteiger partial charge in [-0.25, -0.2) is 0 Å². The van der Waals surface area contributed by atoms with Crippen molar-refractivity contribution >= 4 is 11.6 Å². The standard InChI is InChI=1S/C21H31N5/c1-3-22-21(25-17-14-19-11-7-8-15-23-19)24-16-9-10-18-26(2)20-12-5-4-6-13-20/h4-8,11-13,15H,3,9-10,14,16-18H2,1-2H3,(H2,22,24,25). The van der Waals surface area contributed by atoms with Gasteiger partial charge >= 0.3 is 0 Å². The molecule has 1 aromatic carbocycles. The number of pyridine rings is 1. The Hall–Kier alpha value is -2.56. The summed E-state index contributed by atoms with van der Waals surface area (Å²) in [6.45, 7) is 5.67. The van der Waals surface area contributed by atoms with E-state index < -0.39 is 0 Å². The molecule has 0 amide bonds. The lowest BCUT2D eigenvalue weighted by Crippen LogP contribution is -2.38. The van der Waals surface area contributed by atoms with Crippen LogP contribution in [0.25, 0.3) is 0 Å². The molecule has 26 heavy (non-hydrogen) atoms. The summed E-state index contributed by atoms with van der Waals surface area (Å²) in [6, 6.07) is 16.5. The molecule has 0 radical (unpaired) electrons. The lowest BCUT2D eigenvalue weighted by molar-refractivity contribution is 0.717. The quantitative estimate of drug-likeness (QED) is 0.391. The fourth-order valence-corrected chi connectivity index (χ4v) is 2.66. The van der Waals surface area contributed by atoms with E-state index in [0.29, 0.717) is 0 Å². The summed E-state index contributed by atoms with van der Waals surface area (Å²) < 4.78 is 0. The molecule has 140 valence electrons. The van der Waals surface area contributed by atoms with Crippen molar-refractivity contribution in [1.29, 1.82) is 0 Å². The molecular weight excluding hydrogens is 322 g/mol. The van der Waals surface area contributed by atoms with Crippen LogP contribution in [0, 0.1) is 0 Å². The molecule has 0 bridgehead atoms. The zero-order valence-corrected chi connectivity index (χ0v) is 16.0. The number of para-hydroxylation sites is 1. The number of benzene rings is 1. The van der Waals surface area contributed by atoms with Gasteiger partial charge in [0.1, 0.15) is 0 Å². The zero-order valence-electron chi connectivity index (χ0n) is 16.0. The first-order valence-corrected chi connectivity index (χ1v) is 9.48. The first-order valence-electron chi connectivity index (χ1n) is 9.48. The normalized spacial score (nSPS) is 11.2. The van der Waals surface area contributed by atoms with Crippen LogP contribution in [0.15, 0.2) is 59.7 Å². The van der Waals surface area contributed by atoms with Crippen molar-refractivity contribution in [3.8, 4) is 0 Å². The maximum absolute atomic E-state index is 4.67. The van der Waals surface area contributed by atoms with Gasteiger partial charge in [-0.1, -0.05) is 24.3 Å². The lowest BCUT2D eigenvalue weighted by Gasteiger charge is -2.18. The number of hydrogen-bond donors (Lipinski definition) is 2. The van der Waals surface area contributed by atoms with Crippen LogP contribution in [0.4, 0.5) is 5.69 Å². The van der Waals surface area contributed by atoms with E-state index in [1.54, 1.807) is 0 Å². The maximum atomic E-state index is 4.67. The number of hydrogen-bond acceptors (Lipinski definition) is 3. The fraction of sp³-hybridized carbons (Fsp3) is 0.429. The molecule has 2 N–H and O–H groups in total. The van der Waals surface area contributed by atoms with E-state index in [2.05, 4.69) is 75.9 Å². The minimum Gasteiger partial charge on any atom is -0.375 e. The minimum absolute atomic E-state index is 0.833. The Kier molecular flexibility index (Phi) is 9.05. The van der Waals surface area contributed by atoms with Crippen LogP contribution >= 0.6 is 0 Å². The predicted octanol–water partition coefficient (Wildman–Crippen LogP) is 3.10. The monoisotopic (exact) mass is 353 g/mol. The largest absolute Gasteiger partial charge is 0.375 e. The van der Waals surface area contributed by atoms with Crippen LogP contribution in [-0.2, 0) is 6.42 Å². The second kappa shape index (κ2) is 11.9. The Balaban J connectivity index is 1.66. The summed E-state index contributed by atoms with van der Waals surface area (Å²) in [5, 5.41) is 6.69. The highest BCUT2D eigenvalue weighted by Gasteiger charge is 2.00. The molecule has 0 aliphatic rings. The number of anilines is 1. The van der Waals surface area contributed by atoms with Crippen molar-refractivity contribution in [3.05, 3.63) is 60.4 Å². The van der Waals surface area contributed by atoms with Crippen LogP contribution in [0.2, 0.25) is 0 Å². The Morgan fingerprint density at radius 2 is 1.85 bits per heavy atom. The third-order valence-electron chi connectivity index (χ3n) is 4.11.